The molecule has 38 heavy (non-hydrogen) atoms. The third-order valence-electron chi connectivity index (χ3n) is 5.62. The zero-order valence-corrected chi connectivity index (χ0v) is 21.8. The molecule has 15 heteroatoms. The lowest BCUT2D eigenvalue weighted by Gasteiger charge is -2.25. The molecule has 1 fully saturated rings. The van der Waals surface area contributed by atoms with E-state index in [1.807, 2.05) is 6.07 Å². The van der Waals surface area contributed by atoms with E-state index in [2.05, 4.69) is 20.0 Å². The number of nitriles is 1. The number of carbonyl (C=O) groups is 1. The van der Waals surface area contributed by atoms with Gasteiger partial charge in [0.1, 0.15) is 41.8 Å². The van der Waals surface area contributed by atoms with E-state index in [0.717, 1.165) is 0 Å². The molecule has 4 N–H and O–H groups in total. The number of imidazole rings is 1. The Labute approximate surface area is 218 Å². The Morgan fingerprint density at radius 2 is 2.03 bits per heavy atom. The van der Waals surface area contributed by atoms with Crippen LogP contribution in [0.1, 0.15) is 27.0 Å². The van der Waals surface area contributed by atoms with Gasteiger partial charge >= 0.3 is 13.7 Å². The molecule has 0 bridgehead atoms. The number of hydrogen-bond donors (Lipinski definition) is 3. The number of benzene rings is 1. The highest BCUT2D eigenvalue weighted by atomic mass is 31.2. The van der Waals surface area contributed by atoms with Gasteiger partial charge in [-0.05, 0) is 32.9 Å². The number of nitrogen functional groups attached to an aromatic ring is 1. The highest BCUT2D eigenvalue weighted by Gasteiger charge is 2.47. The molecular weight excluding hydrogens is 517 g/mol. The van der Waals surface area contributed by atoms with Crippen molar-refractivity contribution in [1.29, 1.82) is 5.26 Å². The highest BCUT2D eigenvalue weighted by molar-refractivity contribution is 7.52. The van der Waals surface area contributed by atoms with E-state index < -0.39 is 50.7 Å². The number of para-hydroxylation sites is 1. The molecule has 4 rings (SSSR count). The molecule has 6 atom stereocenters. The number of nitrogens with zero attached hydrogens (tertiary/aromatic N) is 5. The Kier molecular flexibility index (Phi) is 8.25. The minimum atomic E-state index is -4.21. The summed E-state index contributed by atoms with van der Waals surface area (Å²) in [7, 11) is -4.21. The number of anilines is 1. The lowest BCUT2D eigenvalue weighted by molar-refractivity contribution is -0.149. The molecule has 0 radical (unpaired) electrons. The molecule has 0 spiro atoms. The molecule has 1 aliphatic heterocycles. The SMILES string of the molecule is CC(C)OC(=O)C(C)NP(=O)(OCC1OC(n2cnc3c(N)ncnc32)C(C#N)C1O)Oc1ccccc1. The first kappa shape index (κ1) is 27.4. The van der Waals surface area contributed by atoms with Crippen LogP contribution < -0.4 is 15.3 Å². The van der Waals surface area contributed by atoms with Crippen LogP contribution in [0.15, 0.2) is 43.0 Å². The topological polar surface area (TPSA) is 197 Å². The number of ether oxygens (including phenoxy) is 2. The van der Waals surface area contributed by atoms with Crippen molar-refractivity contribution in [3.8, 4) is 11.8 Å². The molecule has 6 unspecified atom stereocenters. The largest absolute Gasteiger partial charge is 0.462 e. The van der Waals surface area contributed by atoms with Crippen molar-refractivity contribution >= 4 is 30.7 Å². The van der Waals surface area contributed by atoms with Crippen molar-refractivity contribution in [3.63, 3.8) is 0 Å². The predicted molar refractivity (Wildman–Crippen MR) is 133 cm³/mol. The molecule has 0 saturated carbocycles. The molecule has 1 saturated heterocycles. The molecule has 1 aromatic carbocycles. The van der Waals surface area contributed by atoms with Gasteiger partial charge in [0.25, 0.3) is 0 Å². The molecule has 3 aromatic rings. The highest BCUT2D eigenvalue weighted by Crippen LogP contribution is 2.46. The second kappa shape index (κ2) is 11.4. The summed E-state index contributed by atoms with van der Waals surface area (Å²) in [6, 6.07) is 9.21. The average molecular weight is 545 g/mol. The van der Waals surface area contributed by atoms with Crippen molar-refractivity contribution in [2.24, 2.45) is 5.92 Å². The van der Waals surface area contributed by atoms with E-state index in [0.29, 0.717) is 11.2 Å². The van der Waals surface area contributed by atoms with Crippen molar-refractivity contribution < 1.29 is 33.0 Å². The Morgan fingerprint density at radius 1 is 1.29 bits per heavy atom. The first-order chi connectivity index (χ1) is 18.1. The van der Waals surface area contributed by atoms with E-state index in [4.69, 9.17) is 24.3 Å². The normalized spacial score (nSPS) is 23.6. The van der Waals surface area contributed by atoms with Gasteiger partial charge in [-0.3, -0.25) is 13.9 Å². The Hall–Kier alpha value is -3.60. The smallest absolute Gasteiger partial charge is 0.459 e. The van der Waals surface area contributed by atoms with Crippen LogP contribution in [0.3, 0.4) is 0 Å². The Balaban J connectivity index is 1.53. The molecule has 0 amide bonds. The fourth-order valence-electron chi connectivity index (χ4n) is 3.82. The number of nitrogens with one attached hydrogen (secondary N) is 1. The minimum Gasteiger partial charge on any atom is -0.462 e. The van der Waals surface area contributed by atoms with Crippen LogP contribution >= 0.6 is 7.75 Å². The third-order valence-corrected chi connectivity index (χ3v) is 7.26. The van der Waals surface area contributed by atoms with Gasteiger partial charge in [-0.1, -0.05) is 18.2 Å². The van der Waals surface area contributed by atoms with Crippen molar-refractivity contribution in [2.45, 2.75) is 51.4 Å². The molecule has 202 valence electrons. The summed E-state index contributed by atoms with van der Waals surface area (Å²) in [4.78, 5) is 24.6. The number of aromatic nitrogens is 4. The van der Waals surface area contributed by atoms with Gasteiger partial charge in [-0.2, -0.15) is 10.3 Å². The van der Waals surface area contributed by atoms with Crippen LogP contribution in [0, 0.1) is 17.2 Å². The minimum absolute atomic E-state index is 0.149. The molecule has 2 aromatic heterocycles. The van der Waals surface area contributed by atoms with Gasteiger partial charge in [-0.25, -0.2) is 19.5 Å². The van der Waals surface area contributed by atoms with Crippen LogP contribution in [0.2, 0.25) is 0 Å². The lowest BCUT2D eigenvalue weighted by Crippen LogP contribution is -2.37. The fraction of sp³-hybridized carbons (Fsp3) is 0.435. The summed E-state index contributed by atoms with van der Waals surface area (Å²) in [6.45, 7) is 4.38. The van der Waals surface area contributed by atoms with E-state index >= 15 is 0 Å². The second-order valence-corrected chi connectivity index (χ2v) is 10.5. The van der Waals surface area contributed by atoms with Crippen LogP contribution in [0.5, 0.6) is 5.75 Å². The van der Waals surface area contributed by atoms with Gasteiger partial charge in [-0.15, -0.1) is 0 Å². The zero-order valence-electron chi connectivity index (χ0n) is 20.9. The average Bonchev–Trinajstić information content (AvgIpc) is 3.44. The summed E-state index contributed by atoms with van der Waals surface area (Å²) < 4.78 is 37.5. The number of aliphatic hydroxyl groups excluding tert-OH is 1. The predicted octanol–water partition coefficient (Wildman–Crippen LogP) is 1.94. The molecular formula is C23H28N7O7P. The van der Waals surface area contributed by atoms with E-state index in [9.17, 15) is 19.7 Å². The third kappa shape index (κ3) is 5.93. The van der Waals surface area contributed by atoms with E-state index in [1.54, 1.807) is 44.2 Å². The first-order valence-corrected chi connectivity index (χ1v) is 13.3. The summed E-state index contributed by atoms with van der Waals surface area (Å²) in [6.07, 6.45) is -1.16. The summed E-state index contributed by atoms with van der Waals surface area (Å²) >= 11 is 0. The maximum absolute atomic E-state index is 13.7. The van der Waals surface area contributed by atoms with Crippen molar-refractivity contribution in [1.82, 2.24) is 24.6 Å². The Bertz CT molecular complexity index is 1360. The van der Waals surface area contributed by atoms with Crippen molar-refractivity contribution in [2.75, 3.05) is 12.3 Å². The number of aliphatic hydroxyl groups is 1. The lowest BCUT2D eigenvalue weighted by atomic mass is 10.0. The second-order valence-electron chi connectivity index (χ2n) is 8.83. The van der Waals surface area contributed by atoms with Crippen molar-refractivity contribution in [3.05, 3.63) is 43.0 Å². The van der Waals surface area contributed by atoms with Gasteiger partial charge < -0.3 is 24.8 Å². The summed E-state index contributed by atoms with van der Waals surface area (Å²) in [5, 5.41) is 23.2. The zero-order chi connectivity index (χ0) is 27.4. The van der Waals surface area contributed by atoms with E-state index in [1.165, 1.54) is 24.1 Å². The molecule has 3 heterocycles. The number of carbonyl (C=O) groups excluding carboxylic acids is 1. The fourth-order valence-corrected chi connectivity index (χ4v) is 5.33. The molecule has 1 aliphatic rings. The number of nitrogens with two attached hydrogens (primary N) is 1. The van der Waals surface area contributed by atoms with Crippen LogP contribution in [-0.4, -0.2) is 61.6 Å². The Morgan fingerprint density at radius 3 is 2.71 bits per heavy atom. The first-order valence-electron chi connectivity index (χ1n) is 11.8. The van der Waals surface area contributed by atoms with Gasteiger partial charge in [0.15, 0.2) is 17.7 Å². The van der Waals surface area contributed by atoms with Crippen LogP contribution in [0.25, 0.3) is 11.2 Å². The molecule has 14 nitrogen and oxygen atoms in total. The molecule has 0 aliphatic carbocycles. The number of hydrogen-bond acceptors (Lipinski definition) is 12. The van der Waals surface area contributed by atoms with Gasteiger partial charge in [0, 0.05) is 0 Å². The summed E-state index contributed by atoms with van der Waals surface area (Å²) in [5.74, 6) is -1.33. The number of esters is 1. The maximum Gasteiger partial charge on any atom is 0.459 e. The van der Waals surface area contributed by atoms with Gasteiger partial charge in [0.05, 0.1) is 25.1 Å². The van der Waals surface area contributed by atoms with Gasteiger partial charge in [0.2, 0.25) is 0 Å². The standard InChI is InChI=1S/C23H28N7O7P/c1-13(2)35-23(32)14(3)29-38(33,37-15-7-5-4-6-8-15)34-10-17-19(31)16(9-24)22(36-17)30-12-28-18-20(25)26-11-27-21(18)30/h4-8,11-14,16-17,19,22,31H,10H2,1-3H3,(H,29,33)(H2,25,26,27). The van der Waals surface area contributed by atoms with Crippen LogP contribution in [0.4, 0.5) is 5.82 Å². The maximum atomic E-state index is 13.7. The van der Waals surface area contributed by atoms with E-state index in [-0.39, 0.29) is 17.7 Å². The monoisotopic (exact) mass is 545 g/mol. The summed E-state index contributed by atoms with van der Waals surface area (Å²) in [5.41, 5.74) is 6.48. The van der Waals surface area contributed by atoms with Crippen LogP contribution in [-0.2, 0) is 23.4 Å². The quantitative estimate of drug-likeness (QED) is 0.247. The number of rotatable bonds is 10. The number of fused-ring (bicyclic) bond motifs is 1.